The average Bonchev–Trinajstić information content (AvgIpc) is 2.71. The molecule has 2 rings (SSSR count). The van der Waals surface area contributed by atoms with E-state index in [4.69, 9.17) is 5.73 Å². The van der Waals surface area contributed by atoms with Crippen molar-refractivity contribution in [1.82, 2.24) is 9.97 Å². The number of hydrogen-bond acceptors (Lipinski definition) is 2. The number of nitrogens with zero attached hydrogens (tertiary/aromatic N) is 1. The number of primary amides is 1. The number of benzene rings is 1. The van der Waals surface area contributed by atoms with Crippen LogP contribution in [0.3, 0.4) is 0 Å². The van der Waals surface area contributed by atoms with Gasteiger partial charge in [-0.3, -0.25) is 4.79 Å². The van der Waals surface area contributed by atoms with Crippen LogP contribution in [-0.2, 0) is 6.42 Å². The topological polar surface area (TPSA) is 71.8 Å². The van der Waals surface area contributed by atoms with E-state index in [1.165, 1.54) is 12.8 Å². The molecule has 4 nitrogen and oxygen atoms in total. The molecule has 0 saturated heterocycles. The third-order valence-corrected chi connectivity index (χ3v) is 2.84. The van der Waals surface area contributed by atoms with Crippen molar-refractivity contribution in [2.45, 2.75) is 32.6 Å². The lowest BCUT2D eigenvalue weighted by molar-refractivity contribution is 0.100. The van der Waals surface area contributed by atoms with Gasteiger partial charge in [-0.2, -0.15) is 0 Å². The van der Waals surface area contributed by atoms with E-state index in [-0.39, 0.29) is 0 Å². The Balaban J connectivity index is 2.30. The maximum atomic E-state index is 11.3. The Hall–Kier alpha value is -1.84. The first-order valence-electron chi connectivity index (χ1n) is 5.99. The molecule has 0 spiro atoms. The highest BCUT2D eigenvalue weighted by atomic mass is 16.1. The number of amides is 1. The van der Waals surface area contributed by atoms with Crippen LogP contribution in [0.15, 0.2) is 18.2 Å². The second-order valence-electron chi connectivity index (χ2n) is 4.21. The minimum absolute atomic E-state index is 0.429. The molecule has 0 bridgehead atoms. The Morgan fingerprint density at radius 1 is 1.41 bits per heavy atom. The molecule has 0 aliphatic carbocycles. The van der Waals surface area contributed by atoms with Crippen LogP contribution in [0.4, 0.5) is 0 Å². The van der Waals surface area contributed by atoms with Gasteiger partial charge in [0.05, 0.1) is 11.1 Å². The highest BCUT2D eigenvalue weighted by Gasteiger charge is 2.10. The van der Waals surface area contributed by atoms with Crippen LogP contribution in [0.1, 0.15) is 42.4 Å². The van der Waals surface area contributed by atoms with Crippen LogP contribution < -0.4 is 5.73 Å². The van der Waals surface area contributed by atoms with Crippen LogP contribution in [0.2, 0.25) is 0 Å². The van der Waals surface area contributed by atoms with Crippen LogP contribution in [0.5, 0.6) is 0 Å². The smallest absolute Gasteiger partial charge is 0.250 e. The molecule has 0 radical (unpaired) electrons. The number of aryl methyl sites for hydroxylation is 1. The van der Waals surface area contributed by atoms with Gasteiger partial charge in [0.15, 0.2) is 0 Å². The average molecular weight is 231 g/mol. The van der Waals surface area contributed by atoms with E-state index in [2.05, 4.69) is 16.9 Å². The largest absolute Gasteiger partial charge is 0.366 e. The van der Waals surface area contributed by atoms with Gasteiger partial charge in [0, 0.05) is 6.42 Å². The number of rotatable bonds is 5. The molecule has 2 aromatic rings. The van der Waals surface area contributed by atoms with Gasteiger partial charge in [0.25, 0.3) is 5.91 Å². The summed E-state index contributed by atoms with van der Waals surface area (Å²) in [5, 5.41) is 0. The molecule has 3 N–H and O–H groups in total. The molecule has 0 aliphatic rings. The molecule has 0 aliphatic heterocycles. The number of unbranched alkanes of at least 4 members (excludes halogenated alkanes) is 2. The summed E-state index contributed by atoms with van der Waals surface area (Å²) in [6, 6.07) is 5.44. The Kier molecular flexibility index (Phi) is 3.42. The fourth-order valence-electron chi connectivity index (χ4n) is 1.94. The standard InChI is InChI=1S/C13H17N3O/c1-2-3-4-8-11-15-10-7-5-6-9(13(14)17)12(10)16-11/h5-7H,2-4,8H2,1H3,(H2,14,17)(H,15,16). The Bertz CT molecular complexity index is 530. The van der Waals surface area contributed by atoms with Crippen molar-refractivity contribution in [2.24, 2.45) is 5.73 Å². The van der Waals surface area contributed by atoms with E-state index in [1.54, 1.807) is 6.07 Å². The maximum Gasteiger partial charge on any atom is 0.250 e. The number of carbonyl (C=O) groups excluding carboxylic acids is 1. The molecule has 1 aromatic heterocycles. The monoisotopic (exact) mass is 231 g/mol. The van der Waals surface area contributed by atoms with Crippen molar-refractivity contribution in [1.29, 1.82) is 0 Å². The first kappa shape index (κ1) is 11.6. The number of carbonyl (C=O) groups is 1. The van der Waals surface area contributed by atoms with E-state index < -0.39 is 5.91 Å². The summed E-state index contributed by atoms with van der Waals surface area (Å²) >= 11 is 0. The number of aromatic amines is 1. The van der Waals surface area contributed by atoms with E-state index in [0.717, 1.165) is 24.2 Å². The van der Waals surface area contributed by atoms with Crippen molar-refractivity contribution in [2.75, 3.05) is 0 Å². The fourth-order valence-corrected chi connectivity index (χ4v) is 1.94. The summed E-state index contributed by atoms with van der Waals surface area (Å²) in [5.41, 5.74) is 7.37. The molecule has 17 heavy (non-hydrogen) atoms. The van der Waals surface area contributed by atoms with Crippen molar-refractivity contribution in [3.05, 3.63) is 29.6 Å². The maximum absolute atomic E-state index is 11.3. The zero-order chi connectivity index (χ0) is 12.3. The highest BCUT2D eigenvalue weighted by molar-refractivity contribution is 6.03. The molecule has 90 valence electrons. The zero-order valence-corrected chi connectivity index (χ0v) is 9.99. The minimum atomic E-state index is -0.429. The minimum Gasteiger partial charge on any atom is -0.366 e. The quantitative estimate of drug-likeness (QED) is 0.775. The molecule has 0 saturated carbocycles. The van der Waals surface area contributed by atoms with E-state index >= 15 is 0 Å². The SMILES string of the molecule is CCCCCc1nc2c(C(N)=O)cccc2[nH]1. The van der Waals surface area contributed by atoms with Gasteiger partial charge >= 0.3 is 0 Å². The predicted octanol–water partition coefficient (Wildman–Crippen LogP) is 2.39. The number of para-hydroxylation sites is 1. The van der Waals surface area contributed by atoms with Gasteiger partial charge in [-0.1, -0.05) is 25.8 Å². The normalized spacial score (nSPS) is 10.9. The summed E-state index contributed by atoms with van der Waals surface area (Å²) in [6.07, 6.45) is 4.41. The molecular formula is C13H17N3O. The molecule has 0 atom stereocenters. The number of imidazole rings is 1. The Morgan fingerprint density at radius 2 is 2.24 bits per heavy atom. The van der Waals surface area contributed by atoms with Gasteiger partial charge in [-0.05, 0) is 18.6 Å². The number of nitrogens with two attached hydrogens (primary N) is 1. The molecule has 1 aromatic carbocycles. The van der Waals surface area contributed by atoms with Crippen LogP contribution in [-0.4, -0.2) is 15.9 Å². The van der Waals surface area contributed by atoms with Gasteiger partial charge in [-0.25, -0.2) is 4.98 Å². The number of hydrogen-bond donors (Lipinski definition) is 2. The number of H-pyrrole nitrogens is 1. The molecule has 4 heteroatoms. The molecular weight excluding hydrogens is 214 g/mol. The Morgan fingerprint density at radius 3 is 2.94 bits per heavy atom. The molecule has 1 amide bonds. The molecule has 0 unspecified atom stereocenters. The first-order valence-corrected chi connectivity index (χ1v) is 5.99. The zero-order valence-electron chi connectivity index (χ0n) is 9.99. The molecule has 0 fully saturated rings. The third kappa shape index (κ3) is 2.46. The third-order valence-electron chi connectivity index (χ3n) is 2.84. The lowest BCUT2D eigenvalue weighted by Gasteiger charge is -1.94. The van der Waals surface area contributed by atoms with Gasteiger partial charge in [-0.15, -0.1) is 0 Å². The lowest BCUT2D eigenvalue weighted by Crippen LogP contribution is -2.11. The van der Waals surface area contributed by atoms with Gasteiger partial charge < -0.3 is 10.7 Å². The van der Waals surface area contributed by atoms with Crippen LogP contribution in [0, 0.1) is 0 Å². The molecule has 1 heterocycles. The predicted molar refractivity (Wildman–Crippen MR) is 67.8 cm³/mol. The van der Waals surface area contributed by atoms with Crippen molar-refractivity contribution < 1.29 is 4.79 Å². The number of fused-ring (bicyclic) bond motifs is 1. The number of aromatic nitrogens is 2. The van der Waals surface area contributed by atoms with E-state index in [9.17, 15) is 4.79 Å². The van der Waals surface area contributed by atoms with Gasteiger partial charge in [0.2, 0.25) is 0 Å². The lowest BCUT2D eigenvalue weighted by atomic mass is 10.2. The van der Waals surface area contributed by atoms with Gasteiger partial charge in [0.1, 0.15) is 11.3 Å². The van der Waals surface area contributed by atoms with Crippen molar-refractivity contribution >= 4 is 16.9 Å². The van der Waals surface area contributed by atoms with Crippen molar-refractivity contribution in [3.8, 4) is 0 Å². The second-order valence-corrected chi connectivity index (χ2v) is 4.21. The van der Waals surface area contributed by atoms with Crippen LogP contribution in [0.25, 0.3) is 11.0 Å². The summed E-state index contributed by atoms with van der Waals surface area (Å²) in [4.78, 5) is 18.9. The summed E-state index contributed by atoms with van der Waals surface area (Å²) in [7, 11) is 0. The highest BCUT2D eigenvalue weighted by Crippen LogP contribution is 2.17. The summed E-state index contributed by atoms with van der Waals surface area (Å²) in [5.74, 6) is 0.504. The summed E-state index contributed by atoms with van der Waals surface area (Å²) in [6.45, 7) is 2.17. The second kappa shape index (κ2) is 4.99. The van der Waals surface area contributed by atoms with Crippen molar-refractivity contribution in [3.63, 3.8) is 0 Å². The Labute approximate surface area is 100 Å². The van der Waals surface area contributed by atoms with E-state index in [0.29, 0.717) is 11.1 Å². The van der Waals surface area contributed by atoms with E-state index in [1.807, 2.05) is 12.1 Å². The van der Waals surface area contributed by atoms with Crippen LogP contribution >= 0.6 is 0 Å². The summed E-state index contributed by atoms with van der Waals surface area (Å²) < 4.78 is 0. The number of nitrogens with one attached hydrogen (secondary N) is 1. The fraction of sp³-hybridized carbons (Fsp3) is 0.385. The first-order chi connectivity index (χ1) is 8.22.